The number of carbonyl (C=O) groups is 1. The van der Waals surface area contributed by atoms with Crippen molar-refractivity contribution in [2.45, 2.75) is 29.5 Å². The smallest absolute Gasteiger partial charge is 0.251 e. The molecule has 0 bridgehead atoms. The number of fused-ring (bicyclic) bond motifs is 3. The molecule has 0 unspecified atom stereocenters. The highest BCUT2D eigenvalue weighted by atomic mass is 32.2. The number of hydrogen-bond acceptors (Lipinski definition) is 10. The van der Waals surface area contributed by atoms with Crippen molar-refractivity contribution in [3.8, 4) is 11.5 Å². The standard InChI is InChI=1S/C29H25F3N6O5S/c30-18-14-37(15-18)25-4-2-22-28(36-25)38(6-8-42-22)26-3-1-16-12-33-19(11-21(16)35-26)13-34-29(39)17-9-20(31)27-23(10-17)44(40,41)24(32)5-7-43-27/h1-4,9-12,18,24H,5-8,13-15H2,(H,34,39)/t24-/m1/s1. The van der Waals surface area contributed by atoms with Crippen LogP contribution < -0.4 is 24.6 Å². The second-order valence-electron chi connectivity index (χ2n) is 10.6. The van der Waals surface area contributed by atoms with Gasteiger partial charge in [0.15, 0.2) is 23.1 Å². The Labute approximate surface area is 249 Å². The van der Waals surface area contributed by atoms with Crippen LogP contribution in [-0.4, -0.2) is 73.8 Å². The summed E-state index contributed by atoms with van der Waals surface area (Å²) in [6.45, 7) is 1.10. The minimum Gasteiger partial charge on any atom is -0.489 e. The Hall–Kier alpha value is -4.66. The summed E-state index contributed by atoms with van der Waals surface area (Å²) >= 11 is 0. The molecule has 6 heterocycles. The minimum atomic E-state index is -4.53. The first-order valence-electron chi connectivity index (χ1n) is 13.9. The van der Waals surface area contributed by atoms with E-state index in [4.69, 9.17) is 19.4 Å². The van der Waals surface area contributed by atoms with E-state index in [0.29, 0.717) is 60.7 Å². The Kier molecular flexibility index (Phi) is 6.91. The van der Waals surface area contributed by atoms with Crippen LogP contribution in [-0.2, 0) is 16.4 Å². The SMILES string of the molecule is O=C(NCc1cc2nc(N3CCOc4ccc(N5CC(F)C5)nc43)ccc2cn1)c1cc(F)c2c(c1)S(=O)(=O)[C@@H](F)CCO2. The number of alkyl halides is 2. The van der Waals surface area contributed by atoms with Crippen molar-refractivity contribution in [2.75, 3.05) is 42.6 Å². The molecular formula is C29H25F3N6O5S. The quantitative estimate of drug-likeness (QED) is 0.351. The number of ether oxygens (including phenoxy) is 2. The van der Waals surface area contributed by atoms with Gasteiger partial charge >= 0.3 is 0 Å². The van der Waals surface area contributed by atoms with Crippen LogP contribution in [0.25, 0.3) is 10.9 Å². The fourth-order valence-electron chi connectivity index (χ4n) is 5.26. The maximum absolute atomic E-state index is 14.7. The van der Waals surface area contributed by atoms with E-state index in [1.807, 2.05) is 28.0 Å². The van der Waals surface area contributed by atoms with E-state index < -0.39 is 50.3 Å². The number of rotatable bonds is 5. The highest BCUT2D eigenvalue weighted by Crippen LogP contribution is 2.38. The molecule has 1 atom stereocenters. The van der Waals surface area contributed by atoms with Gasteiger partial charge in [0.05, 0.1) is 44.0 Å². The van der Waals surface area contributed by atoms with Crippen LogP contribution in [0.3, 0.4) is 0 Å². The number of halogens is 3. The van der Waals surface area contributed by atoms with E-state index in [1.54, 1.807) is 18.3 Å². The summed E-state index contributed by atoms with van der Waals surface area (Å²) in [7, 11) is -4.53. The normalized spacial score (nSPS) is 19.2. The van der Waals surface area contributed by atoms with Crippen molar-refractivity contribution in [3.63, 3.8) is 0 Å². The molecule has 3 aliphatic rings. The van der Waals surface area contributed by atoms with Crippen molar-refractivity contribution in [1.82, 2.24) is 20.3 Å². The van der Waals surface area contributed by atoms with E-state index in [2.05, 4.69) is 10.3 Å². The molecule has 228 valence electrons. The van der Waals surface area contributed by atoms with E-state index in [1.165, 1.54) is 0 Å². The van der Waals surface area contributed by atoms with Crippen LogP contribution in [0.15, 0.2) is 53.6 Å². The molecule has 1 amide bonds. The third-order valence-electron chi connectivity index (χ3n) is 7.64. The number of sulfone groups is 1. The molecule has 0 saturated carbocycles. The van der Waals surface area contributed by atoms with Gasteiger partial charge in [-0.05, 0) is 42.5 Å². The van der Waals surface area contributed by atoms with Gasteiger partial charge in [-0.3, -0.25) is 9.78 Å². The summed E-state index contributed by atoms with van der Waals surface area (Å²) in [6.07, 6.45) is 0.284. The van der Waals surface area contributed by atoms with E-state index in [9.17, 15) is 26.4 Å². The van der Waals surface area contributed by atoms with Crippen LogP contribution >= 0.6 is 0 Å². The van der Waals surface area contributed by atoms with Crippen molar-refractivity contribution in [1.29, 1.82) is 0 Å². The topological polar surface area (TPSA) is 127 Å². The molecule has 11 nitrogen and oxygen atoms in total. The summed E-state index contributed by atoms with van der Waals surface area (Å²) in [5.74, 6) is -0.0260. The van der Waals surface area contributed by atoms with Crippen molar-refractivity contribution < 1.29 is 35.9 Å². The number of amides is 1. The summed E-state index contributed by atoms with van der Waals surface area (Å²) in [4.78, 5) is 29.8. The summed E-state index contributed by atoms with van der Waals surface area (Å²) in [5, 5.41) is 3.34. The van der Waals surface area contributed by atoms with Gasteiger partial charge in [-0.1, -0.05) is 0 Å². The lowest BCUT2D eigenvalue weighted by molar-refractivity contribution is 0.0949. The van der Waals surface area contributed by atoms with E-state index in [-0.39, 0.29) is 18.7 Å². The number of benzene rings is 1. The minimum absolute atomic E-state index is 0.0783. The Morgan fingerprint density at radius 2 is 1.84 bits per heavy atom. The molecule has 0 radical (unpaired) electrons. The summed E-state index contributed by atoms with van der Waals surface area (Å²) in [6, 6.07) is 10.8. The van der Waals surface area contributed by atoms with Crippen LogP contribution in [0, 0.1) is 5.82 Å². The maximum atomic E-state index is 14.7. The molecule has 44 heavy (non-hydrogen) atoms. The fourth-order valence-corrected chi connectivity index (χ4v) is 6.65. The molecule has 15 heteroatoms. The first kappa shape index (κ1) is 28.1. The first-order chi connectivity index (χ1) is 21.2. The van der Waals surface area contributed by atoms with Gasteiger partial charge in [0.1, 0.15) is 29.3 Å². The van der Waals surface area contributed by atoms with Gasteiger partial charge in [0.2, 0.25) is 15.3 Å². The van der Waals surface area contributed by atoms with Gasteiger partial charge in [-0.2, -0.15) is 0 Å². The molecule has 7 rings (SSSR count). The summed E-state index contributed by atoms with van der Waals surface area (Å²) in [5.41, 5.74) is -1.55. The van der Waals surface area contributed by atoms with Gasteiger partial charge < -0.3 is 24.6 Å². The van der Waals surface area contributed by atoms with Crippen LogP contribution in [0.1, 0.15) is 22.5 Å². The van der Waals surface area contributed by atoms with Crippen molar-refractivity contribution in [3.05, 3.63) is 65.7 Å². The third kappa shape index (κ3) is 5.00. The molecule has 1 fully saturated rings. The van der Waals surface area contributed by atoms with Crippen LogP contribution in [0.5, 0.6) is 11.5 Å². The number of nitrogens with zero attached hydrogens (tertiary/aromatic N) is 5. The zero-order valence-corrected chi connectivity index (χ0v) is 23.9. The largest absolute Gasteiger partial charge is 0.489 e. The first-order valence-corrected chi connectivity index (χ1v) is 15.4. The zero-order valence-electron chi connectivity index (χ0n) is 23.0. The highest BCUT2D eigenvalue weighted by molar-refractivity contribution is 7.92. The number of nitrogens with one attached hydrogen (secondary N) is 1. The highest BCUT2D eigenvalue weighted by Gasteiger charge is 2.36. The molecule has 3 aromatic heterocycles. The number of carbonyl (C=O) groups excluding carboxylic acids is 1. The lowest BCUT2D eigenvalue weighted by Gasteiger charge is -2.37. The van der Waals surface area contributed by atoms with Gasteiger partial charge in [-0.15, -0.1) is 0 Å². The molecule has 3 aliphatic heterocycles. The van der Waals surface area contributed by atoms with Gasteiger partial charge in [0.25, 0.3) is 5.91 Å². The monoisotopic (exact) mass is 626 g/mol. The van der Waals surface area contributed by atoms with E-state index >= 15 is 0 Å². The molecule has 1 N–H and O–H groups in total. The second-order valence-corrected chi connectivity index (χ2v) is 12.6. The summed E-state index contributed by atoms with van der Waals surface area (Å²) < 4.78 is 78.4. The molecule has 1 aromatic carbocycles. The van der Waals surface area contributed by atoms with Crippen LogP contribution in [0.4, 0.5) is 30.6 Å². The number of pyridine rings is 3. The fraction of sp³-hybridized carbons (Fsp3) is 0.310. The number of hydrogen-bond donors (Lipinski definition) is 1. The molecule has 4 aromatic rings. The number of anilines is 3. The Morgan fingerprint density at radius 3 is 2.66 bits per heavy atom. The van der Waals surface area contributed by atoms with Crippen molar-refractivity contribution >= 4 is 44.1 Å². The second kappa shape index (κ2) is 10.8. The van der Waals surface area contributed by atoms with Gasteiger partial charge in [-0.25, -0.2) is 31.6 Å². The number of aromatic nitrogens is 3. The average Bonchev–Trinajstić information content (AvgIpc) is 3.12. The lowest BCUT2D eigenvalue weighted by Crippen LogP contribution is -2.49. The zero-order chi connectivity index (χ0) is 30.6. The molecule has 0 aliphatic carbocycles. The Bertz CT molecular complexity index is 1910. The molecular weight excluding hydrogens is 601 g/mol. The predicted octanol–water partition coefficient (Wildman–Crippen LogP) is 3.63. The average molecular weight is 627 g/mol. The Balaban J connectivity index is 1.12. The maximum Gasteiger partial charge on any atom is 0.251 e. The van der Waals surface area contributed by atoms with Crippen LogP contribution in [0.2, 0.25) is 0 Å². The van der Waals surface area contributed by atoms with E-state index in [0.717, 1.165) is 17.5 Å². The Morgan fingerprint density at radius 1 is 1.02 bits per heavy atom. The molecule has 1 saturated heterocycles. The lowest BCUT2D eigenvalue weighted by atomic mass is 10.2. The van der Waals surface area contributed by atoms with Crippen molar-refractivity contribution in [2.24, 2.45) is 0 Å². The third-order valence-corrected chi connectivity index (χ3v) is 9.47. The van der Waals surface area contributed by atoms with Gasteiger partial charge in [0, 0.05) is 23.6 Å². The molecule has 0 spiro atoms. The predicted molar refractivity (Wildman–Crippen MR) is 153 cm³/mol.